The van der Waals surface area contributed by atoms with Crippen LogP contribution in [0.15, 0.2) is 54.6 Å². The highest BCUT2D eigenvalue weighted by molar-refractivity contribution is 6.03. The van der Waals surface area contributed by atoms with Crippen molar-refractivity contribution in [1.29, 1.82) is 5.26 Å². The molecule has 0 saturated carbocycles. The molecule has 0 aliphatic carbocycles. The molecule has 5 nitrogen and oxygen atoms in total. The maximum atomic E-state index is 12.5. The molecule has 0 spiro atoms. The summed E-state index contributed by atoms with van der Waals surface area (Å²) in [5.74, 6) is -0.961. The molecule has 0 aromatic heterocycles. The number of amides is 2. The molecular weight excluding hydrogens is 383 g/mol. The molecule has 148 valence electrons. The van der Waals surface area contributed by atoms with Gasteiger partial charge in [0.15, 0.2) is 0 Å². The predicted molar refractivity (Wildman–Crippen MR) is 99.5 cm³/mol. The number of carbonyl (C=O) groups excluding carboxylic acids is 2. The molecule has 1 N–H and O–H groups in total. The highest BCUT2D eigenvalue weighted by atomic mass is 19.4. The zero-order chi connectivity index (χ0) is 21.0. The van der Waals surface area contributed by atoms with E-state index in [1.54, 1.807) is 11.0 Å². The van der Waals surface area contributed by atoms with Gasteiger partial charge in [-0.3, -0.25) is 9.59 Å². The number of nitriles is 1. The number of fused-ring (bicyclic) bond motifs is 1. The Morgan fingerprint density at radius 1 is 1.07 bits per heavy atom. The number of halogens is 3. The van der Waals surface area contributed by atoms with Gasteiger partial charge >= 0.3 is 6.18 Å². The quantitative estimate of drug-likeness (QED) is 0.801. The van der Waals surface area contributed by atoms with Crippen molar-refractivity contribution in [3.63, 3.8) is 0 Å². The summed E-state index contributed by atoms with van der Waals surface area (Å²) in [6, 6.07) is 11.4. The van der Waals surface area contributed by atoms with Crippen LogP contribution in [0, 0.1) is 11.3 Å². The molecule has 0 fully saturated rings. The van der Waals surface area contributed by atoms with E-state index in [0.29, 0.717) is 25.1 Å². The van der Waals surface area contributed by atoms with Crippen LogP contribution in [0.3, 0.4) is 0 Å². The van der Waals surface area contributed by atoms with Crippen molar-refractivity contribution in [3.05, 3.63) is 76.9 Å². The van der Waals surface area contributed by atoms with E-state index in [0.717, 1.165) is 47.5 Å². The molecule has 3 rings (SSSR count). The van der Waals surface area contributed by atoms with E-state index in [4.69, 9.17) is 5.26 Å². The Morgan fingerprint density at radius 3 is 2.45 bits per heavy atom. The number of rotatable bonds is 3. The topological polar surface area (TPSA) is 73.2 Å². The van der Waals surface area contributed by atoms with Gasteiger partial charge < -0.3 is 10.2 Å². The number of carbonyl (C=O) groups is 2. The molecule has 0 atom stereocenters. The van der Waals surface area contributed by atoms with Gasteiger partial charge in [-0.05, 0) is 53.9 Å². The fraction of sp³-hybridized carbons (Fsp3) is 0.190. The SMILES string of the molecule is N#Cc1ccc2c(c1)CCN(C(=O)/C=C/C(=O)Nc1ccc(C(F)(F)F)cc1)C2. The third-order valence-electron chi connectivity index (χ3n) is 4.52. The molecule has 1 heterocycles. The maximum absolute atomic E-state index is 12.5. The van der Waals surface area contributed by atoms with Crippen molar-refractivity contribution >= 4 is 17.5 Å². The molecule has 2 amide bonds. The molecule has 29 heavy (non-hydrogen) atoms. The van der Waals surface area contributed by atoms with Crippen molar-refractivity contribution in [3.8, 4) is 6.07 Å². The first kappa shape index (κ1) is 20.1. The van der Waals surface area contributed by atoms with E-state index in [9.17, 15) is 22.8 Å². The summed E-state index contributed by atoms with van der Waals surface area (Å²) >= 11 is 0. The number of hydrogen-bond donors (Lipinski definition) is 1. The fourth-order valence-electron chi connectivity index (χ4n) is 2.99. The Labute approximate surface area is 165 Å². The summed E-state index contributed by atoms with van der Waals surface area (Å²) in [6.07, 6.45) is -1.65. The number of nitrogens with one attached hydrogen (secondary N) is 1. The van der Waals surface area contributed by atoms with Crippen molar-refractivity contribution in [2.45, 2.75) is 19.1 Å². The van der Waals surface area contributed by atoms with E-state index >= 15 is 0 Å². The first-order valence-electron chi connectivity index (χ1n) is 8.73. The molecule has 8 heteroatoms. The zero-order valence-electron chi connectivity index (χ0n) is 15.2. The highest BCUT2D eigenvalue weighted by Crippen LogP contribution is 2.29. The van der Waals surface area contributed by atoms with Crippen LogP contribution in [0.25, 0.3) is 0 Å². The van der Waals surface area contributed by atoms with Crippen LogP contribution < -0.4 is 5.32 Å². The van der Waals surface area contributed by atoms with Gasteiger partial charge in [-0.15, -0.1) is 0 Å². The van der Waals surface area contributed by atoms with Crippen molar-refractivity contribution in [2.24, 2.45) is 0 Å². The smallest absolute Gasteiger partial charge is 0.334 e. The highest BCUT2D eigenvalue weighted by Gasteiger charge is 2.30. The minimum absolute atomic E-state index is 0.195. The zero-order valence-corrected chi connectivity index (χ0v) is 15.2. The lowest BCUT2D eigenvalue weighted by Crippen LogP contribution is -2.35. The first-order chi connectivity index (χ1) is 13.8. The second kappa shape index (κ2) is 8.19. The van der Waals surface area contributed by atoms with Crippen LogP contribution >= 0.6 is 0 Å². The molecule has 1 aliphatic heterocycles. The minimum atomic E-state index is -4.45. The van der Waals surface area contributed by atoms with E-state index in [-0.39, 0.29) is 11.6 Å². The Bertz CT molecular complexity index is 1010. The Balaban J connectivity index is 1.57. The van der Waals surface area contributed by atoms with Crippen molar-refractivity contribution in [1.82, 2.24) is 4.90 Å². The van der Waals surface area contributed by atoms with Gasteiger partial charge in [0, 0.05) is 30.9 Å². The lowest BCUT2D eigenvalue weighted by Gasteiger charge is -2.28. The fourth-order valence-corrected chi connectivity index (χ4v) is 2.99. The second-order valence-electron chi connectivity index (χ2n) is 6.50. The van der Waals surface area contributed by atoms with E-state index in [1.807, 2.05) is 12.1 Å². The van der Waals surface area contributed by atoms with Crippen molar-refractivity contribution in [2.75, 3.05) is 11.9 Å². The van der Waals surface area contributed by atoms with Gasteiger partial charge in [0.25, 0.3) is 0 Å². The number of nitrogens with zero attached hydrogens (tertiary/aromatic N) is 2. The lowest BCUT2D eigenvalue weighted by molar-refractivity contribution is -0.137. The molecule has 0 radical (unpaired) electrons. The predicted octanol–water partition coefficient (Wildman–Crippen LogP) is 3.66. The Morgan fingerprint density at radius 2 is 1.79 bits per heavy atom. The summed E-state index contributed by atoms with van der Waals surface area (Å²) in [6.45, 7) is 0.844. The van der Waals surface area contributed by atoms with E-state index in [1.165, 1.54) is 0 Å². The second-order valence-corrected chi connectivity index (χ2v) is 6.50. The van der Waals surface area contributed by atoms with Crippen LogP contribution in [-0.4, -0.2) is 23.3 Å². The van der Waals surface area contributed by atoms with Crippen LogP contribution in [0.1, 0.15) is 22.3 Å². The summed E-state index contributed by atoms with van der Waals surface area (Å²) in [7, 11) is 0. The van der Waals surface area contributed by atoms with Crippen LogP contribution in [-0.2, 0) is 28.7 Å². The number of alkyl halides is 3. The standard InChI is InChI=1S/C21H16F3N3O2/c22-21(23,24)17-3-5-18(6-4-17)26-19(28)7-8-20(29)27-10-9-15-11-14(12-25)1-2-16(15)13-27/h1-8,11H,9-10,13H2,(H,26,28)/b8-7+. The van der Waals surface area contributed by atoms with Gasteiger partial charge in [-0.1, -0.05) is 6.07 Å². The molecule has 2 aromatic rings. The largest absolute Gasteiger partial charge is 0.416 e. The Kier molecular flexibility index (Phi) is 5.69. The number of anilines is 1. The van der Waals surface area contributed by atoms with Gasteiger partial charge in [-0.25, -0.2) is 0 Å². The van der Waals surface area contributed by atoms with Crippen LogP contribution in [0.2, 0.25) is 0 Å². The molecule has 0 unspecified atom stereocenters. The molecular formula is C21H16F3N3O2. The molecule has 0 bridgehead atoms. The summed E-state index contributed by atoms with van der Waals surface area (Å²) < 4.78 is 37.6. The van der Waals surface area contributed by atoms with Gasteiger partial charge in [0.05, 0.1) is 17.2 Å². The number of benzene rings is 2. The summed E-state index contributed by atoms with van der Waals surface area (Å²) in [5, 5.41) is 11.4. The molecule has 0 saturated heterocycles. The average molecular weight is 399 g/mol. The first-order valence-corrected chi connectivity index (χ1v) is 8.73. The third kappa shape index (κ3) is 5.02. The van der Waals surface area contributed by atoms with Gasteiger partial charge in [-0.2, -0.15) is 18.4 Å². The van der Waals surface area contributed by atoms with Gasteiger partial charge in [0.2, 0.25) is 11.8 Å². The normalized spacial score (nSPS) is 13.7. The summed E-state index contributed by atoms with van der Waals surface area (Å²) in [5.41, 5.74) is 1.93. The summed E-state index contributed by atoms with van der Waals surface area (Å²) in [4.78, 5) is 25.8. The maximum Gasteiger partial charge on any atom is 0.416 e. The third-order valence-corrected chi connectivity index (χ3v) is 4.52. The van der Waals surface area contributed by atoms with Crippen molar-refractivity contribution < 1.29 is 22.8 Å². The number of hydrogen-bond acceptors (Lipinski definition) is 3. The van der Waals surface area contributed by atoms with Crippen LogP contribution in [0.4, 0.5) is 18.9 Å². The molecule has 1 aliphatic rings. The van der Waals surface area contributed by atoms with E-state index < -0.39 is 17.6 Å². The van der Waals surface area contributed by atoms with Gasteiger partial charge in [0.1, 0.15) is 0 Å². The molecule has 2 aromatic carbocycles. The Hall–Kier alpha value is -3.60. The monoisotopic (exact) mass is 399 g/mol. The van der Waals surface area contributed by atoms with Crippen LogP contribution in [0.5, 0.6) is 0 Å². The average Bonchev–Trinajstić information content (AvgIpc) is 2.71. The lowest BCUT2D eigenvalue weighted by atomic mass is 9.97. The minimum Gasteiger partial charge on any atom is -0.334 e. The van der Waals surface area contributed by atoms with E-state index in [2.05, 4.69) is 11.4 Å².